The molecule has 4 aliphatic rings. The Bertz CT molecular complexity index is 1010. The van der Waals surface area contributed by atoms with Gasteiger partial charge in [0.15, 0.2) is 11.7 Å². The second-order valence-electron chi connectivity index (χ2n) is 10.3. The lowest BCUT2D eigenvalue weighted by molar-refractivity contribution is -0.160. The van der Waals surface area contributed by atoms with Crippen molar-refractivity contribution in [1.29, 1.82) is 0 Å². The van der Waals surface area contributed by atoms with Gasteiger partial charge in [-0.05, 0) is 18.8 Å². The number of ketones is 1. The normalized spacial score (nSPS) is 32.4. The Morgan fingerprint density at radius 1 is 1.31 bits per heavy atom. The molecule has 8 N–H and O–H groups in total. The number of carboxylic acids is 1. The number of thioether (sulfide) groups is 1. The number of nitrogens with zero attached hydrogens (tertiary/aromatic N) is 3. The van der Waals surface area contributed by atoms with Crippen LogP contribution in [0.4, 0.5) is 0 Å². The summed E-state index contributed by atoms with van der Waals surface area (Å²) >= 11 is 1.45. The fourth-order valence-corrected chi connectivity index (χ4v) is 7.34. The van der Waals surface area contributed by atoms with Gasteiger partial charge < -0.3 is 37.4 Å². The molecule has 3 fully saturated rings. The van der Waals surface area contributed by atoms with Gasteiger partial charge in [0.25, 0.3) is 0 Å². The number of hydrogen-bond acceptors (Lipinski definition) is 8. The van der Waals surface area contributed by atoms with Gasteiger partial charge in [0.2, 0.25) is 11.8 Å². The van der Waals surface area contributed by atoms with Gasteiger partial charge in [-0.1, -0.05) is 13.8 Å². The first kappa shape index (κ1) is 26.4. The van der Waals surface area contributed by atoms with E-state index in [2.05, 4.69) is 10.3 Å². The quantitative estimate of drug-likeness (QED) is 0.137. The highest BCUT2D eigenvalue weighted by molar-refractivity contribution is 8.03. The number of aliphatic carboxylic acids is 1. The summed E-state index contributed by atoms with van der Waals surface area (Å²) in [5.41, 5.74) is 16.5. The van der Waals surface area contributed by atoms with Crippen LogP contribution in [0.2, 0.25) is 0 Å². The van der Waals surface area contributed by atoms with Crippen molar-refractivity contribution < 1.29 is 24.3 Å². The smallest absolute Gasteiger partial charge is 0.353 e. The van der Waals surface area contributed by atoms with Crippen molar-refractivity contribution in [3.05, 3.63) is 10.6 Å². The van der Waals surface area contributed by atoms with Crippen LogP contribution < -0.4 is 22.5 Å². The molecule has 198 valence electrons. The number of aliphatic imine (C=N–C) groups is 1. The maximum absolute atomic E-state index is 13.1. The molecule has 4 aliphatic heterocycles. The third-order valence-electron chi connectivity index (χ3n) is 7.61. The molecule has 0 aromatic heterocycles. The Kier molecular flexibility index (Phi) is 7.62. The average molecular weight is 522 g/mol. The number of fused-ring (bicyclic) bond motifs is 1. The van der Waals surface area contributed by atoms with Gasteiger partial charge in [0.1, 0.15) is 12.2 Å². The van der Waals surface area contributed by atoms with Crippen LogP contribution in [0.25, 0.3) is 0 Å². The molecule has 0 bridgehead atoms. The minimum atomic E-state index is -1.14. The number of carbonyl (C=O) groups excluding carboxylic acids is 3. The molecule has 12 nitrogen and oxygen atoms in total. The van der Waals surface area contributed by atoms with E-state index in [9.17, 15) is 24.3 Å². The van der Waals surface area contributed by atoms with Gasteiger partial charge in [-0.25, -0.2) is 9.79 Å². The Hall–Kier alpha value is -2.64. The zero-order chi connectivity index (χ0) is 26.3. The predicted molar refractivity (Wildman–Crippen MR) is 134 cm³/mol. The van der Waals surface area contributed by atoms with E-state index >= 15 is 0 Å². The number of likely N-dealkylation sites (tertiary alicyclic amines) is 1. The molecule has 3 saturated heterocycles. The van der Waals surface area contributed by atoms with Crippen LogP contribution in [0.3, 0.4) is 0 Å². The third kappa shape index (κ3) is 4.96. The number of rotatable bonds is 9. The van der Waals surface area contributed by atoms with Crippen LogP contribution in [-0.4, -0.2) is 94.0 Å². The number of hydrogen-bond donors (Lipinski definition) is 5. The summed E-state index contributed by atoms with van der Waals surface area (Å²) in [6, 6.07) is -0.613. The maximum Gasteiger partial charge on any atom is 0.353 e. The van der Waals surface area contributed by atoms with Crippen molar-refractivity contribution in [2.24, 2.45) is 39.9 Å². The number of carboxylic acid groups (broad SMARTS) is 1. The minimum absolute atomic E-state index is 0.00728. The van der Waals surface area contributed by atoms with Gasteiger partial charge in [-0.15, -0.1) is 11.8 Å². The Morgan fingerprint density at radius 3 is 2.64 bits per heavy atom. The fourth-order valence-electron chi connectivity index (χ4n) is 5.87. The maximum atomic E-state index is 13.1. The molecule has 0 aromatic rings. The van der Waals surface area contributed by atoms with E-state index < -0.39 is 11.9 Å². The second kappa shape index (κ2) is 10.4. The first-order valence-corrected chi connectivity index (χ1v) is 13.2. The summed E-state index contributed by atoms with van der Waals surface area (Å²) in [4.78, 5) is 57.9. The van der Waals surface area contributed by atoms with E-state index in [0.29, 0.717) is 31.0 Å². The van der Waals surface area contributed by atoms with Gasteiger partial charge in [0, 0.05) is 48.2 Å². The average Bonchev–Trinajstić information content (AvgIpc) is 3.50. The molecule has 0 aliphatic carbocycles. The van der Waals surface area contributed by atoms with E-state index in [1.54, 1.807) is 4.90 Å². The molecule has 1 unspecified atom stereocenters. The summed E-state index contributed by atoms with van der Waals surface area (Å²) in [5.74, 6) is -2.64. The van der Waals surface area contributed by atoms with E-state index in [1.165, 1.54) is 16.7 Å². The zero-order valence-corrected chi connectivity index (χ0v) is 21.4. The molecule has 0 spiro atoms. The largest absolute Gasteiger partial charge is 0.477 e. The molecule has 13 heteroatoms. The number of guanidine groups is 1. The van der Waals surface area contributed by atoms with Crippen molar-refractivity contribution in [2.75, 3.05) is 26.2 Å². The highest BCUT2D eigenvalue weighted by Crippen LogP contribution is 2.53. The van der Waals surface area contributed by atoms with Crippen molar-refractivity contribution in [3.63, 3.8) is 0 Å². The van der Waals surface area contributed by atoms with Crippen molar-refractivity contribution in [2.45, 2.75) is 56.5 Å². The van der Waals surface area contributed by atoms with E-state index in [0.717, 1.165) is 6.42 Å². The van der Waals surface area contributed by atoms with Gasteiger partial charge >= 0.3 is 5.97 Å². The summed E-state index contributed by atoms with van der Waals surface area (Å²) < 4.78 is 0. The lowest BCUT2D eigenvalue weighted by Gasteiger charge is -2.47. The SMILES string of the molecule is C[C@@H](CC(=O)CN=C(N)N)[C@H]1C(=O)N2C(C(=O)O)=C(SC3CN[C@H](C(=O)N4CC[C@H](N)C4)C3)[C@H](C)[C@H]12. The van der Waals surface area contributed by atoms with E-state index in [1.807, 2.05) is 13.8 Å². The molecular weight excluding hydrogens is 486 g/mol. The summed E-state index contributed by atoms with van der Waals surface area (Å²) in [6.45, 7) is 5.41. The molecule has 0 radical (unpaired) electrons. The lowest BCUT2D eigenvalue weighted by atomic mass is 9.73. The van der Waals surface area contributed by atoms with Crippen LogP contribution in [0.15, 0.2) is 15.6 Å². The van der Waals surface area contributed by atoms with Crippen LogP contribution in [0, 0.1) is 17.8 Å². The van der Waals surface area contributed by atoms with Crippen molar-refractivity contribution in [1.82, 2.24) is 15.1 Å². The fraction of sp³-hybridized carbons (Fsp3) is 0.696. The highest BCUT2D eigenvalue weighted by atomic mass is 32.2. The number of nitrogens with two attached hydrogens (primary N) is 3. The molecule has 0 saturated carbocycles. The number of carbonyl (C=O) groups is 4. The van der Waals surface area contributed by atoms with Gasteiger partial charge in [0.05, 0.1) is 18.0 Å². The highest BCUT2D eigenvalue weighted by Gasteiger charge is 2.60. The first-order valence-electron chi connectivity index (χ1n) is 12.3. The van der Waals surface area contributed by atoms with Crippen LogP contribution >= 0.6 is 11.8 Å². The summed E-state index contributed by atoms with van der Waals surface area (Å²) in [7, 11) is 0. The number of β-lactam (4-membered cyclic amide) rings is 1. The number of amides is 2. The van der Waals surface area contributed by atoms with Crippen LogP contribution in [0.5, 0.6) is 0 Å². The molecule has 2 amide bonds. The molecule has 7 atom stereocenters. The van der Waals surface area contributed by atoms with Crippen LogP contribution in [-0.2, 0) is 19.2 Å². The Labute approximate surface area is 214 Å². The lowest BCUT2D eigenvalue weighted by Crippen LogP contribution is -2.62. The second-order valence-corrected chi connectivity index (χ2v) is 11.6. The number of Topliss-reactive ketones (excluding diaryl/α,β-unsaturated/α-hetero) is 1. The van der Waals surface area contributed by atoms with Crippen molar-refractivity contribution in [3.8, 4) is 0 Å². The molecule has 0 aromatic carbocycles. The Balaban J connectivity index is 1.41. The van der Waals surface area contributed by atoms with Crippen molar-refractivity contribution >= 4 is 41.3 Å². The standard InChI is InChI=1S/C23H35N7O5S/c1-10(5-13(31)7-28-23(25)26)16-17-11(2)19(18(22(34)35)30(17)21(16)33)36-14-6-15(27-8-14)20(32)29-4-3-12(24)9-29/h10-12,14-17,27H,3-9,24H2,1-2H3,(H,34,35)(H4,25,26,28)/t10-,11+,12-,14?,15-,16+,17+/m0/s1. The first-order chi connectivity index (χ1) is 17.0. The molecular formula is C23H35N7O5S. The topological polar surface area (TPSA) is 197 Å². The van der Waals surface area contributed by atoms with Gasteiger partial charge in [-0.2, -0.15) is 0 Å². The third-order valence-corrected chi connectivity index (χ3v) is 9.12. The molecule has 36 heavy (non-hydrogen) atoms. The predicted octanol–water partition coefficient (Wildman–Crippen LogP) is -1.35. The Morgan fingerprint density at radius 2 is 2.03 bits per heavy atom. The monoisotopic (exact) mass is 521 g/mol. The summed E-state index contributed by atoms with van der Waals surface area (Å²) in [6.07, 6.45) is 1.51. The molecule has 4 heterocycles. The zero-order valence-electron chi connectivity index (χ0n) is 20.6. The summed E-state index contributed by atoms with van der Waals surface area (Å²) in [5, 5.41) is 13.3. The number of nitrogens with one attached hydrogen (secondary N) is 1. The van der Waals surface area contributed by atoms with E-state index in [4.69, 9.17) is 17.2 Å². The van der Waals surface area contributed by atoms with Gasteiger partial charge in [-0.3, -0.25) is 14.4 Å². The minimum Gasteiger partial charge on any atom is -0.477 e. The molecule has 4 rings (SSSR count). The van der Waals surface area contributed by atoms with E-state index in [-0.39, 0.29) is 77.4 Å². The van der Waals surface area contributed by atoms with Crippen LogP contribution in [0.1, 0.15) is 33.1 Å².